The van der Waals surface area contributed by atoms with E-state index in [1.54, 1.807) is 0 Å². The standard InChI is InChI=1S/C15H23NO3/c17-14(18)12-8-10-2-3-13(12)16(10)11-4-7-19-15(9-11)5-1-6-15/h10-13H,1-9H2,(H,17,18). The van der Waals surface area contributed by atoms with Crippen LogP contribution < -0.4 is 0 Å². The number of hydrogen-bond acceptors (Lipinski definition) is 3. The Labute approximate surface area is 114 Å². The molecule has 1 aliphatic carbocycles. The van der Waals surface area contributed by atoms with Crippen LogP contribution in [0.1, 0.15) is 51.4 Å². The van der Waals surface area contributed by atoms with Crippen molar-refractivity contribution in [3.05, 3.63) is 0 Å². The molecule has 19 heavy (non-hydrogen) atoms. The number of rotatable bonds is 2. The van der Waals surface area contributed by atoms with Gasteiger partial charge in [-0.25, -0.2) is 0 Å². The van der Waals surface area contributed by atoms with Crippen molar-refractivity contribution in [3.63, 3.8) is 0 Å². The lowest BCUT2D eigenvalue weighted by atomic mass is 9.73. The van der Waals surface area contributed by atoms with Gasteiger partial charge in [-0.05, 0) is 51.4 Å². The molecule has 3 heterocycles. The Morgan fingerprint density at radius 2 is 2.05 bits per heavy atom. The van der Waals surface area contributed by atoms with Crippen molar-refractivity contribution in [3.8, 4) is 0 Å². The highest BCUT2D eigenvalue weighted by Crippen LogP contribution is 2.49. The van der Waals surface area contributed by atoms with Crippen LogP contribution in [0.25, 0.3) is 0 Å². The quantitative estimate of drug-likeness (QED) is 0.830. The van der Waals surface area contributed by atoms with Crippen LogP contribution in [-0.4, -0.2) is 46.3 Å². The Morgan fingerprint density at radius 3 is 2.68 bits per heavy atom. The van der Waals surface area contributed by atoms with Crippen LogP contribution in [0.5, 0.6) is 0 Å². The molecule has 1 N–H and O–H groups in total. The van der Waals surface area contributed by atoms with Gasteiger partial charge in [0.15, 0.2) is 0 Å². The first-order valence-electron chi connectivity index (χ1n) is 7.83. The number of carbonyl (C=O) groups is 1. The van der Waals surface area contributed by atoms with Crippen LogP contribution >= 0.6 is 0 Å². The summed E-state index contributed by atoms with van der Waals surface area (Å²) in [7, 11) is 0. The lowest BCUT2D eigenvalue weighted by Gasteiger charge is -2.50. The summed E-state index contributed by atoms with van der Waals surface area (Å²) < 4.78 is 6.01. The Morgan fingerprint density at radius 1 is 1.21 bits per heavy atom. The van der Waals surface area contributed by atoms with Gasteiger partial charge in [-0.3, -0.25) is 9.69 Å². The fourth-order valence-electron chi connectivity index (χ4n) is 5.04. The maximum Gasteiger partial charge on any atom is 0.308 e. The van der Waals surface area contributed by atoms with Crippen LogP contribution in [-0.2, 0) is 9.53 Å². The van der Waals surface area contributed by atoms with E-state index < -0.39 is 5.97 Å². The van der Waals surface area contributed by atoms with E-state index in [4.69, 9.17) is 4.74 Å². The zero-order valence-corrected chi connectivity index (χ0v) is 11.4. The molecule has 4 heteroatoms. The summed E-state index contributed by atoms with van der Waals surface area (Å²) in [6.45, 7) is 0.873. The van der Waals surface area contributed by atoms with E-state index in [-0.39, 0.29) is 11.5 Å². The van der Waals surface area contributed by atoms with Crippen LogP contribution in [0.4, 0.5) is 0 Å². The van der Waals surface area contributed by atoms with Gasteiger partial charge in [-0.2, -0.15) is 0 Å². The normalized spacial score (nSPS) is 44.4. The number of aliphatic carboxylic acids is 1. The predicted molar refractivity (Wildman–Crippen MR) is 69.9 cm³/mol. The van der Waals surface area contributed by atoms with Crippen molar-refractivity contribution in [1.82, 2.24) is 4.90 Å². The molecule has 2 bridgehead atoms. The molecule has 3 aliphatic heterocycles. The van der Waals surface area contributed by atoms with E-state index in [0.29, 0.717) is 18.1 Å². The second kappa shape index (κ2) is 4.19. The number of nitrogens with zero attached hydrogens (tertiary/aromatic N) is 1. The predicted octanol–water partition coefficient (Wildman–Crippen LogP) is 2.03. The summed E-state index contributed by atoms with van der Waals surface area (Å²) in [6, 6.07) is 1.42. The molecular formula is C15H23NO3. The molecule has 4 rings (SSSR count). The van der Waals surface area contributed by atoms with E-state index in [2.05, 4.69) is 4.90 Å². The van der Waals surface area contributed by atoms with Gasteiger partial charge < -0.3 is 9.84 Å². The minimum atomic E-state index is -0.581. The zero-order chi connectivity index (χ0) is 13.0. The lowest BCUT2D eigenvalue weighted by molar-refractivity contribution is -0.152. The minimum Gasteiger partial charge on any atom is -0.481 e. The minimum absolute atomic E-state index is 0.112. The molecular weight excluding hydrogens is 242 g/mol. The van der Waals surface area contributed by atoms with Crippen molar-refractivity contribution in [1.29, 1.82) is 0 Å². The molecule has 106 valence electrons. The van der Waals surface area contributed by atoms with Crippen molar-refractivity contribution in [2.24, 2.45) is 5.92 Å². The summed E-state index contributed by atoms with van der Waals surface area (Å²) in [5, 5.41) is 9.36. The van der Waals surface area contributed by atoms with Gasteiger partial charge in [0.25, 0.3) is 0 Å². The van der Waals surface area contributed by atoms with Gasteiger partial charge in [0.05, 0.1) is 11.5 Å². The third-order valence-electron chi connectivity index (χ3n) is 6.06. The Balaban J connectivity index is 1.51. The average molecular weight is 265 g/mol. The maximum absolute atomic E-state index is 11.4. The van der Waals surface area contributed by atoms with Gasteiger partial charge in [0, 0.05) is 24.7 Å². The third kappa shape index (κ3) is 1.76. The molecule has 0 amide bonds. The van der Waals surface area contributed by atoms with E-state index in [9.17, 15) is 9.90 Å². The highest BCUT2D eigenvalue weighted by atomic mass is 16.5. The van der Waals surface area contributed by atoms with Gasteiger partial charge in [0.2, 0.25) is 0 Å². The van der Waals surface area contributed by atoms with Crippen molar-refractivity contribution < 1.29 is 14.6 Å². The number of hydrogen-bond donors (Lipinski definition) is 1. The molecule has 0 radical (unpaired) electrons. The summed E-state index contributed by atoms with van der Waals surface area (Å²) in [5.74, 6) is -0.693. The molecule has 0 aromatic rings. The third-order valence-corrected chi connectivity index (χ3v) is 6.06. The Hall–Kier alpha value is -0.610. The van der Waals surface area contributed by atoms with Gasteiger partial charge >= 0.3 is 5.97 Å². The highest BCUT2D eigenvalue weighted by Gasteiger charge is 2.54. The van der Waals surface area contributed by atoms with Gasteiger partial charge in [0.1, 0.15) is 0 Å². The van der Waals surface area contributed by atoms with Crippen molar-refractivity contribution >= 4 is 5.97 Å². The van der Waals surface area contributed by atoms with E-state index >= 15 is 0 Å². The first-order chi connectivity index (χ1) is 9.19. The molecule has 0 aromatic heterocycles. The first kappa shape index (κ1) is 12.2. The summed E-state index contributed by atoms with van der Waals surface area (Å²) in [4.78, 5) is 13.9. The van der Waals surface area contributed by atoms with Gasteiger partial charge in [-0.15, -0.1) is 0 Å². The van der Waals surface area contributed by atoms with Crippen LogP contribution in [0.2, 0.25) is 0 Å². The lowest BCUT2D eigenvalue weighted by Crippen LogP contribution is -2.53. The molecule has 4 fully saturated rings. The first-order valence-corrected chi connectivity index (χ1v) is 7.83. The molecule has 4 aliphatic rings. The van der Waals surface area contributed by atoms with E-state index in [0.717, 1.165) is 32.3 Å². The second-order valence-corrected chi connectivity index (χ2v) is 6.96. The number of carboxylic acids is 1. The maximum atomic E-state index is 11.4. The Bertz CT molecular complexity index is 393. The van der Waals surface area contributed by atoms with Crippen molar-refractivity contribution in [2.75, 3.05) is 6.61 Å². The molecule has 1 spiro atoms. The summed E-state index contributed by atoms with van der Waals surface area (Å²) in [5.41, 5.74) is 0.170. The molecule has 0 aromatic carbocycles. The van der Waals surface area contributed by atoms with E-state index in [1.165, 1.54) is 25.7 Å². The van der Waals surface area contributed by atoms with Crippen LogP contribution in [0.15, 0.2) is 0 Å². The number of carboxylic acid groups (broad SMARTS) is 1. The molecule has 4 atom stereocenters. The number of fused-ring (bicyclic) bond motifs is 2. The zero-order valence-electron chi connectivity index (χ0n) is 11.4. The van der Waals surface area contributed by atoms with Crippen LogP contribution in [0, 0.1) is 5.92 Å². The second-order valence-electron chi connectivity index (χ2n) is 6.96. The fraction of sp³-hybridized carbons (Fsp3) is 0.933. The van der Waals surface area contributed by atoms with E-state index in [1.807, 2.05) is 0 Å². The smallest absolute Gasteiger partial charge is 0.308 e. The van der Waals surface area contributed by atoms with Crippen molar-refractivity contribution in [2.45, 2.75) is 75.1 Å². The molecule has 4 unspecified atom stereocenters. The summed E-state index contributed by atoms with van der Waals surface area (Å²) >= 11 is 0. The molecule has 3 saturated heterocycles. The van der Waals surface area contributed by atoms with Gasteiger partial charge in [-0.1, -0.05) is 0 Å². The summed E-state index contributed by atoms with van der Waals surface area (Å²) in [6.07, 6.45) is 9.16. The molecule has 1 saturated carbocycles. The fourth-order valence-corrected chi connectivity index (χ4v) is 5.04. The highest BCUT2D eigenvalue weighted by molar-refractivity contribution is 5.71. The Kier molecular flexibility index (Phi) is 2.68. The monoisotopic (exact) mass is 265 g/mol. The SMILES string of the molecule is O=C(O)C1CC2CCC1N2C1CCOC2(CCC2)C1. The van der Waals surface area contributed by atoms with Crippen LogP contribution in [0.3, 0.4) is 0 Å². The number of ether oxygens (including phenoxy) is 1. The topological polar surface area (TPSA) is 49.8 Å². The largest absolute Gasteiger partial charge is 0.481 e. The molecule has 4 nitrogen and oxygen atoms in total. The average Bonchev–Trinajstić information content (AvgIpc) is 2.94.